The van der Waals surface area contributed by atoms with Crippen LogP contribution in [0.1, 0.15) is 19.4 Å². The van der Waals surface area contributed by atoms with E-state index < -0.39 is 6.10 Å². The molecule has 0 saturated carbocycles. The third kappa shape index (κ3) is 7.93. The van der Waals surface area contributed by atoms with Crippen molar-refractivity contribution < 1.29 is 14.6 Å². The molecule has 0 saturated heterocycles. The van der Waals surface area contributed by atoms with Crippen LogP contribution < -0.4 is 20.1 Å². The number of guanidine groups is 1. The first-order chi connectivity index (χ1) is 13.2. The van der Waals surface area contributed by atoms with Crippen molar-refractivity contribution >= 4 is 35.6 Å². The summed E-state index contributed by atoms with van der Waals surface area (Å²) in [6, 6.07) is 15.5. The number of methoxy groups -OCH3 is 1. The fourth-order valence-electron chi connectivity index (χ4n) is 2.61. The third-order valence-electron chi connectivity index (χ3n) is 3.84. The molecule has 0 aliphatic carbocycles. The predicted molar refractivity (Wildman–Crippen MR) is 125 cm³/mol. The molecule has 2 aromatic carbocycles. The van der Waals surface area contributed by atoms with Crippen LogP contribution in [0.2, 0.25) is 0 Å². The van der Waals surface area contributed by atoms with E-state index in [0.29, 0.717) is 37.0 Å². The van der Waals surface area contributed by atoms with Gasteiger partial charge in [0.05, 0.1) is 26.4 Å². The minimum absolute atomic E-state index is 0. The zero-order chi connectivity index (χ0) is 19.5. The standard InChI is InChI=1S/C21H29N3O3.HI/c1-4-22-21(23-15-18(25)13-16-9-7-6-8-10-16)24-17-11-12-19(27-5-2)20(14-17)26-3;/h6-12,14,18,25H,4-5,13,15H2,1-3H3,(H2,22,23,24);1H. The van der Waals surface area contributed by atoms with Gasteiger partial charge >= 0.3 is 0 Å². The summed E-state index contributed by atoms with van der Waals surface area (Å²) in [4.78, 5) is 4.49. The summed E-state index contributed by atoms with van der Waals surface area (Å²) < 4.78 is 10.9. The Balaban J connectivity index is 0.00000392. The molecule has 0 spiro atoms. The monoisotopic (exact) mass is 499 g/mol. The van der Waals surface area contributed by atoms with Gasteiger partial charge in [-0.1, -0.05) is 30.3 Å². The number of aliphatic hydroxyl groups excluding tert-OH is 1. The average molecular weight is 499 g/mol. The first-order valence-electron chi connectivity index (χ1n) is 9.24. The summed E-state index contributed by atoms with van der Waals surface area (Å²) in [6.45, 7) is 5.53. The number of anilines is 1. The lowest BCUT2D eigenvalue weighted by Gasteiger charge is -2.15. The molecular formula is C21H30IN3O3. The summed E-state index contributed by atoms with van der Waals surface area (Å²) in [5.74, 6) is 1.96. The van der Waals surface area contributed by atoms with E-state index in [0.717, 1.165) is 17.8 Å². The summed E-state index contributed by atoms with van der Waals surface area (Å²) in [7, 11) is 1.61. The molecule has 0 aliphatic heterocycles. The van der Waals surface area contributed by atoms with E-state index in [4.69, 9.17) is 9.47 Å². The van der Waals surface area contributed by atoms with Gasteiger partial charge in [-0.05, 0) is 31.5 Å². The molecule has 28 heavy (non-hydrogen) atoms. The van der Waals surface area contributed by atoms with E-state index in [1.165, 1.54) is 0 Å². The van der Waals surface area contributed by atoms with E-state index in [-0.39, 0.29) is 24.0 Å². The van der Waals surface area contributed by atoms with Gasteiger partial charge in [-0.2, -0.15) is 0 Å². The first-order valence-corrected chi connectivity index (χ1v) is 9.24. The highest BCUT2D eigenvalue weighted by atomic mass is 127. The van der Waals surface area contributed by atoms with Crippen molar-refractivity contribution in [2.45, 2.75) is 26.4 Å². The van der Waals surface area contributed by atoms with Crippen LogP contribution in [0, 0.1) is 0 Å². The number of rotatable bonds is 9. The molecule has 6 nitrogen and oxygen atoms in total. The van der Waals surface area contributed by atoms with Gasteiger partial charge in [0, 0.05) is 24.7 Å². The summed E-state index contributed by atoms with van der Waals surface area (Å²) in [5.41, 5.74) is 1.92. The second-order valence-electron chi connectivity index (χ2n) is 5.99. The lowest BCUT2D eigenvalue weighted by atomic mass is 10.1. The highest BCUT2D eigenvalue weighted by molar-refractivity contribution is 14.0. The van der Waals surface area contributed by atoms with Crippen molar-refractivity contribution in [1.82, 2.24) is 5.32 Å². The molecule has 7 heteroatoms. The highest BCUT2D eigenvalue weighted by Crippen LogP contribution is 2.30. The molecule has 0 amide bonds. The SMILES string of the molecule is CCNC(=NCC(O)Cc1ccccc1)Nc1ccc(OCC)c(OC)c1.I. The smallest absolute Gasteiger partial charge is 0.195 e. The van der Waals surface area contributed by atoms with E-state index in [1.807, 2.05) is 62.4 Å². The van der Waals surface area contributed by atoms with Crippen molar-refractivity contribution in [3.8, 4) is 11.5 Å². The minimum Gasteiger partial charge on any atom is -0.493 e. The Kier molecular flexibility index (Phi) is 11.4. The molecule has 1 unspecified atom stereocenters. The zero-order valence-electron chi connectivity index (χ0n) is 16.6. The quantitative estimate of drug-likeness (QED) is 0.279. The third-order valence-corrected chi connectivity index (χ3v) is 3.84. The summed E-state index contributed by atoms with van der Waals surface area (Å²) >= 11 is 0. The lowest BCUT2D eigenvalue weighted by molar-refractivity contribution is 0.184. The molecule has 3 N–H and O–H groups in total. The molecule has 0 aromatic heterocycles. The zero-order valence-corrected chi connectivity index (χ0v) is 19.0. The number of nitrogens with zero attached hydrogens (tertiary/aromatic N) is 1. The van der Waals surface area contributed by atoms with Crippen molar-refractivity contribution in [3.63, 3.8) is 0 Å². The molecule has 0 radical (unpaired) electrons. The van der Waals surface area contributed by atoms with E-state index in [1.54, 1.807) is 7.11 Å². The van der Waals surface area contributed by atoms with Crippen LogP contribution in [-0.2, 0) is 6.42 Å². The molecule has 154 valence electrons. The van der Waals surface area contributed by atoms with Crippen LogP contribution >= 0.6 is 24.0 Å². The van der Waals surface area contributed by atoms with Gasteiger partial charge in [0.2, 0.25) is 0 Å². The number of ether oxygens (including phenoxy) is 2. The lowest BCUT2D eigenvalue weighted by Crippen LogP contribution is -2.32. The van der Waals surface area contributed by atoms with Crippen molar-refractivity contribution in [3.05, 3.63) is 54.1 Å². The number of halogens is 1. The van der Waals surface area contributed by atoms with Crippen LogP contribution in [0.4, 0.5) is 5.69 Å². The van der Waals surface area contributed by atoms with Crippen LogP contribution in [0.5, 0.6) is 11.5 Å². The maximum Gasteiger partial charge on any atom is 0.195 e. The number of nitrogens with one attached hydrogen (secondary N) is 2. The van der Waals surface area contributed by atoms with Crippen LogP contribution in [-0.4, -0.2) is 44.0 Å². The minimum atomic E-state index is -0.544. The molecule has 0 aliphatic rings. The number of hydrogen-bond donors (Lipinski definition) is 3. The number of aliphatic imine (C=N–C) groups is 1. The molecule has 0 bridgehead atoms. The Morgan fingerprint density at radius 1 is 1.11 bits per heavy atom. The summed E-state index contributed by atoms with van der Waals surface area (Å²) in [6.07, 6.45) is 0.0263. The maximum absolute atomic E-state index is 10.3. The van der Waals surface area contributed by atoms with Crippen LogP contribution in [0.25, 0.3) is 0 Å². The Bertz CT molecular complexity index is 726. The van der Waals surface area contributed by atoms with Gasteiger partial charge in [-0.25, -0.2) is 0 Å². The van der Waals surface area contributed by atoms with Crippen LogP contribution in [0.3, 0.4) is 0 Å². The fraction of sp³-hybridized carbons (Fsp3) is 0.381. The Morgan fingerprint density at radius 2 is 1.86 bits per heavy atom. The Morgan fingerprint density at radius 3 is 2.50 bits per heavy atom. The van der Waals surface area contributed by atoms with Gasteiger partial charge in [-0.15, -0.1) is 24.0 Å². The number of benzene rings is 2. The predicted octanol–water partition coefficient (Wildman–Crippen LogP) is 3.69. The second-order valence-corrected chi connectivity index (χ2v) is 5.99. The highest BCUT2D eigenvalue weighted by Gasteiger charge is 2.08. The number of aliphatic hydroxyl groups is 1. The molecule has 2 rings (SSSR count). The largest absolute Gasteiger partial charge is 0.493 e. The van der Waals surface area contributed by atoms with Crippen LogP contribution in [0.15, 0.2) is 53.5 Å². The normalized spacial score (nSPS) is 11.9. The Hall–Kier alpha value is -2.00. The summed E-state index contributed by atoms with van der Waals surface area (Å²) in [5, 5.41) is 16.7. The molecule has 2 aromatic rings. The van der Waals surface area contributed by atoms with E-state index in [9.17, 15) is 5.11 Å². The van der Waals surface area contributed by atoms with Crippen molar-refractivity contribution in [2.75, 3.05) is 32.1 Å². The molecule has 0 heterocycles. The molecule has 0 fully saturated rings. The average Bonchev–Trinajstić information content (AvgIpc) is 2.68. The van der Waals surface area contributed by atoms with Gasteiger partial charge in [-0.3, -0.25) is 4.99 Å². The fourth-order valence-corrected chi connectivity index (χ4v) is 2.61. The van der Waals surface area contributed by atoms with E-state index in [2.05, 4.69) is 15.6 Å². The number of hydrogen-bond acceptors (Lipinski definition) is 4. The molecule has 1 atom stereocenters. The first kappa shape index (κ1) is 24.0. The topological polar surface area (TPSA) is 75.1 Å². The van der Waals surface area contributed by atoms with Crippen molar-refractivity contribution in [2.24, 2.45) is 4.99 Å². The van der Waals surface area contributed by atoms with Gasteiger partial charge < -0.3 is 25.2 Å². The van der Waals surface area contributed by atoms with Gasteiger partial charge in [0.15, 0.2) is 17.5 Å². The Labute approximate surface area is 184 Å². The maximum atomic E-state index is 10.3. The van der Waals surface area contributed by atoms with E-state index >= 15 is 0 Å². The molecular weight excluding hydrogens is 469 g/mol. The van der Waals surface area contributed by atoms with Gasteiger partial charge in [0.25, 0.3) is 0 Å². The second kappa shape index (κ2) is 13.2. The van der Waals surface area contributed by atoms with Crippen molar-refractivity contribution in [1.29, 1.82) is 0 Å². The van der Waals surface area contributed by atoms with Gasteiger partial charge in [0.1, 0.15) is 0 Å².